The summed E-state index contributed by atoms with van der Waals surface area (Å²) in [7, 11) is 0. The fourth-order valence-electron chi connectivity index (χ4n) is 3.27. The summed E-state index contributed by atoms with van der Waals surface area (Å²) in [6.07, 6.45) is 1.09. The first-order chi connectivity index (χ1) is 14.0. The van der Waals surface area contributed by atoms with Crippen molar-refractivity contribution in [2.75, 3.05) is 5.32 Å². The summed E-state index contributed by atoms with van der Waals surface area (Å²) in [6, 6.07) is 21.4. The lowest BCUT2D eigenvalue weighted by atomic mass is 9.98. The van der Waals surface area contributed by atoms with E-state index < -0.39 is 0 Å². The SMILES string of the molecule is CC[C@@H](C)c1ccc(NC(=O)c2cc(-c3ccc(Cl)s3)nc3ccccc23)cc1. The third kappa shape index (κ3) is 4.19. The predicted octanol–water partition coefficient (Wildman–Crippen LogP) is 7.38. The number of amides is 1. The van der Waals surface area contributed by atoms with Crippen molar-refractivity contribution in [1.82, 2.24) is 4.98 Å². The van der Waals surface area contributed by atoms with Gasteiger partial charge in [0.1, 0.15) is 0 Å². The molecule has 0 bridgehead atoms. The summed E-state index contributed by atoms with van der Waals surface area (Å²) in [6.45, 7) is 4.38. The van der Waals surface area contributed by atoms with E-state index in [1.54, 1.807) is 0 Å². The molecule has 29 heavy (non-hydrogen) atoms. The van der Waals surface area contributed by atoms with Gasteiger partial charge in [0, 0.05) is 11.1 Å². The molecular weight excluding hydrogens is 400 g/mol. The van der Waals surface area contributed by atoms with Crippen LogP contribution in [0.4, 0.5) is 5.69 Å². The molecule has 0 radical (unpaired) electrons. The molecule has 4 rings (SSSR count). The number of para-hydroxylation sites is 1. The Morgan fingerprint density at radius 1 is 1.10 bits per heavy atom. The average molecular weight is 421 g/mol. The molecule has 0 saturated heterocycles. The number of rotatable bonds is 5. The Morgan fingerprint density at radius 2 is 1.86 bits per heavy atom. The number of carbonyl (C=O) groups is 1. The molecule has 4 aromatic rings. The van der Waals surface area contributed by atoms with Gasteiger partial charge in [0.05, 0.1) is 26.0 Å². The number of hydrogen-bond donors (Lipinski definition) is 1. The van der Waals surface area contributed by atoms with Gasteiger partial charge in [0.25, 0.3) is 5.91 Å². The van der Waals surface area contributed by atoms with E-state index in [1.165, 1.54) is 16.9 Å². The maximum absolute atomic E-state index is 13.1. The van der Waals surface area contributed by atoms with E-state index in [0.29, 0.717) is 15.8 Å². The van der Waals surface area contributed by atoms with Gasteiger partial charge in [-0.05, 0) is 54.3 Å². The van der Waals surface area contributed by atoms with Crippen LogP contribution in [0.15, 0.2) is 66.7 Å². The first-order valence-corrected chi connectivity index (χ1v) is 10.8. The monoisotopic (exact) mass is 420 g/mol. The lowest BCUT2D eigenvalue weighted by molar-refractivity contribution is 0.102. The van der Waals surface area contributed by atoms with E-state index in [9.17, 15) is 4.79 Å². The molecule has 0 aliphatic rings. The Labute approximate surface area is 179 Å². The minimum atomic E-state index is -0.149. The van der Waals surface area contributed by atoms with Crippen molar-refractivity contribution in [3.05, 3.63) is 82.2 Å². The quantitative estimate of drug-likeness (QED) is 0.366. The molecule has 0 fully saturated rings. The zero-order valence-corrected chi connectivity index (χ0v) is 17.8. The lowest BCUT2D eigenvalue weighted by Gasteiger charge is -2.12. The number of benzene rings is 2. The lowest BCUT2D eigenvalue weighted by Crippen LogP contribution is -2.13. The van der Waals surface area contributed by atoms with E-state index in [4.69, 9.17) is 16.6 Å². The van der Waals surface area contributed by atoms with Crippen molar-refractivity contribution in [2.24, 2.45) is 0 Å². The van der Waals surface area contributed by atoms with Crippen LogP contribution >= 0.6 is 22.9 Å². The van der Waals surface area contributed by atoms with Crippen LogP contribution in [0.1, 0.15) is 42.1 Å². The molecule has 0 aliphatic carbocycles. The number of nitrogens with one attached hydrogen (secondary N) is 1. The minimum absolute atomic E-state index is 0.149. The number of aromatic nitrogens is 1. The van der Waals surface area contributed by atoms with Crippen LogP contribution < -0.4 is 5.32 Å². The van der Waals surface area contributed by atoms with Crippen LogP contribution in [0.5, 0.6) is 0 Å². The zero-order chi connectivity index (χ0) is 20.4. The van der Waals surface area contributed by atoms with Crippen LogP contribution in [0, 0.1) is 0 Å². The maximum Gasteiger partial charge on any atom is 0.256 e. The molecule has 2 heterocycles. The van der Waals surface area contributed by atoms with Gasteiger partial charge in [-0.15, -0.1) is 11.3 Å². The van der Waals surface area contributed by atoms with E-state index >= 15 is 0 Å². The van der Waals surface area contributed by atoms with Gasteiger partial charge in [0.15, 0.2) is 0 Å². The second-order valence-electron chi connectivity index (χ2n) is 7.06. The summed E-state index contributed by atoms with van der Waals surface area (Å²) in [5.41, 5.74) is 4.19. The Morgan fingerprint density at radius 3 is 2.55 bits per heavy atom. The molecule has 0 saturated carbocycles. The average Bonchev–Trinajstić information content (AvgIpc) is 3.19. The first kappa shape index (κ1) is 19.6. The summed E-state index contributed by atoms with van der Waals surface area (Å²) in [4.78, 5) is 18.8. The Hall–Kier alpha value is -2.69. The molecule has 1 amide bonds. The van der Waals surface area contributed by atoms with Gasteiger partial charge in [-0.25, -0.2) is 4.98 Å². The summed E-state index contributed by atoms with van der Waals surface area (Å²) in [5.74, 6) is 0.355. The number of anilines is 1. The molecule has 1 atom stereocenters. The molecule has 146 valence electrons. The standard InChI is InChI=1S/C24H21ClN2OS/c1-3-15(2)16-8-10-17(11-9-16)26-24(28)19-14-21(22-12-13-23(25)29-22)27-20-7-5-4-6-18(19)20/h4-15H,3H2,1-2H3,(H,26,28)/t15-/m1/s1. The number of pyridine rings is 1. The van der Waals surface area contributed by atoms with Gasteiger partial charge in [-0.2, -0.15) is 0 Å². The number of fused-ring (bicyclic) bond motifs is 1. The Kier molecular flexibility index (Phi) is 5.65. The predicted molar refractivity (Wildman–Crippen MR) is 123 cm³/mol. The van der Waals surface area contributed by atoms with Gasteiger partial charge >= 0.3 is 0 Å². The fourth-order valence-corrected chi connectivity index (χ4v) is 4.27. The highest BCUT2D eigenvalue weighted by molar-refractivity contribution is 7.19. The Balaban J connectivity index is 1.69. The highest BCUT2D eigenvalue weighted by Crippen LogP contribution is 2.32. The van der Waals surface area contributed by atoms with Gasteiger partial charge in [0.2, 0.25) is 0 Å². The van der Waals surface area contributed by atoms with E-state index in [1.807, 2.05) is 54.6 Å². The topological polar surface area (TPSA) is 42.0 Å². The minimum Gasteiger partial charge on any atom is -0.322 e. The van der Waals surface area contributed by atoms with Crippen LogP contribution in [-0.2, 0) is 0 Å². The second kappa shape index (κ2) is 8.36. The van der Waals surface area contributed by atoms with Gasteiger partial charge in [-0.3, -0.25) is 4.79 Å². The molecule has 0 spiro atoms. The van der Waals surface area contributed by atoms with E-state index in [-0.39, 0.29) is 5.91 Å². The van der Waals surface area contributed by atoms with Crippen molar-refractivity contribution in [2.45, 2.75) is 26.2 Å². The third-order valence-electron chi connectivity index (χ3n) is 5.14. The van der Waals surface area contributed by atoms with Crippen molar-refractivity contribution in [3.63, 3.8) is 0 Å². The number of thiophene rings is 1. The summed E-state index contributed by atoms with van der Waals surface area (Å²) < 4.78 is 0.697. The number of halogens is 1. The highest BCUT2D eigenvalue weighted by Gasteiger charge is 2.15. The highest BCUT2D eigenvalue weighted by atomic mass is 35.5. The normalized spacial score (nSPS) is 12.1. The van der Waals surface area contributed by atoms with Gasteiger partial charge < -0.3 is 5.32 Å². The van der Waals surface area contributed by atoms with Crippen molar-refractivity contribution in [3.8, 4) is 10.6 Å². The van der Waals surface area contributed by atoms with Crippen LogP contribution in [-0.4, -0.2) is 10.9 Å². The molecule has 1 N–H and O–H groups in total. The second-order valence-corrected chi connectivity index (χ2v) is 8.78. The third-order valence-corrected chi connectivity index (χ3v) is 6.39. The molecule has 2 aromatic carbocycles. The summed E-state index contributed by atoms with van der Waals surface area (Å²) >= 11 is 7.55. The summed E-state index contributed by atoms with van der Waals surface area (Å²) in [5, 5.41) is 3.86. The Bertz CT molecular complexity index is 1170. The van der Waals surface area contributed by atoms with E-state index in [2.05, 4.69) is 31.3 Å². The largest absolute Gasteiger partial charge is 0.322 e. The van der Waals surface area contributed by atoms with Crippen molar-refractivity contribution in [1.29, 1.82) is 0 Å². The van der Waals surface area contributed by atoms with Gasteiger partial charge in [-0.1, -0.05) is 55.8 Å². The van der Waals surface area contributed by atoms with Crippen LogP contribution in [0.2, 0.25) is 4.34 Å². The van der Waals surface area contributed by atoms with Crippen LogP contribution in [0.3, 0.4) is 0 Å². The zero-order valence-electron chi connectivity index (χ0n) is 16.3. The fraction of sp³-hybridized carbons (Fsp3) is 0.167. The number of hydrogen-bond acceptors (Lipinski definition) is 3. The number of carbonyl (C=O) groups excluding carboxylic acids is 1. The van der Waals surface area contributed by atoms with Crippen molar-refractivity contribution < 1.29 is 4.79 Å². The molecule has 5 heteroatoms. The number of nitrogens with zero attached hydrogens (tertiary/aromatic N) is 1. The van der Waals surface area contributed by atoms with E-state index in [0.717, 1.165) is 33.6 Å². The van der Waals surface area contributed by atoms with Crippen molar-refractivity contribution >= 4 is 45.4 Å². The molecule has 0 unspecified atom stereocenters. The molecule has 0 aliphatic heterocycles. The maximum atomic E-state index is 13.1. The smallest absolute Gasteiger partial charge is 0.256 e. The molecular formula is C24H21ClN2OS. The molecule has 3 nitrogen and oxygen atoms in total. The van der Waals surface area contributed by atoms with Crippen LogP contribution in [0.25, 0.3) is 21.5 Å². The first-order valence-electron chi connectivity index (χ1n) is 9.62. The molecule has 2 aromatic heterocycles.